The van der Waals surface area contributed by atoms with E-state index in [2.05, 4.69) is 0 Å². The van der Waals surface area contributed by atoms with Crippen molar-refractivity contribution < 1.29 is 18.3 Å². The van der Waals surface area contributed by atoms with E-state index in [4.69, 9.17) is 15.2 Å². The van der Waals surface area contributed by atoms with Crippen LogP contribution in [-0.4, -0.2) is 19.8 Å². The number of ether oxygens (including phenoxy) is 2. The predicted octanol–water partition coefficient (Wildman–Crippen LogP) is 3.01. The maximum absolute atomic E-state index is 12.7. The molecule has 0 saturated carbocycles. The molecular formula is C12H17F2NO2. The number of nitrogen functional groups attached to an aromatic ring is 1. The Morgan fingerprint density at radius 3 is 2.65 bits per heavy atom. The molecule has 0 unspecified atom stereocenters. The highest BCUT2D eigenvalue weighted by Gasteiger charge is 2.14. The number of benzene rings is 1. The minimum absolute atomic E-state index is 0.161. The third-order valence-corrected chi connectivity index (χ3v) is 2.10. The summed E-state index contributed by atoms with van der Waals surface area (Å²) in [5, 5.41) is 0. The first-order valence-electron chi connectivity index (χ1n) is 5.53. The molecule has 0 amide bonds. The summed E-state index contributed by atoms with van der Waals surface area (Å²) in [5.41, 5.74) is 5.57. The first kappa shape index (κ1) is 13.7. The molecule has 0 saturated heterocycles. The van der Waals surface area contributed by atoms with Crippen LogP contribution in [0, 0.1) is 0 Å². The fourth-order valence-corrected chi connectivity index (χ4v) is 1.33. The van der Waals surface area contributed by atoms with Crippen molar-refractivity contribution in [3.05, 3.63) is 23.8 Å². The summed E-state index contributed by atoms with van der Waals surface area (Å²) in [6.45, 7) is 3.28. The van der Waals surface area contributed by atoms with Crippen LogP contribution in [0.1, 0.15) is 25.3 Å². The first-order chi connectivity index (χ1) is 8.15. The largest absolute Gasteiger partial charge is 0.491 e. The highest BCUT2D eigenvalue weighted by atomic mass is 19.3. The van der Waals surface area contributed by atoms with Crippen LogP contribution in [0.5, 0.6) is 5.75 Å². The molecule has 17 heavy (non-hydrogen) atoms. The average Bonchev–Trinajstić information content (AvgIpc) is 2.30. The molecule has 1 rings (SSSR count). The van der Waals surface area contributed by atoms with Crippen LogP contribution in [0.3, 0.4) is 0 Å². The fraction of sp³-hybridized carbons (Fsp3) is 0.500. The van der Waals surface area contributed by atoms with Gasteiger partial charge < -0.3 is 15.2 Å². The van der Waals surface area contributed by atoms with Gasteiger partial charge >= 0.3 is 0 Å². The van der Waals surface area contributed by atoms with Gasteiger partial charge in [0.1, 0.15) is 12.4 Å². The standard InChI is InChI=1S/C12H17F2NO2/c1-2-5-16-6-7-17-11-4-3-9(15)8-10(11)12(13)14/h3-4,8,12H,2,5-7,15H2,1H3. The van der Waals surface area contributed by atoms with Crippen LogP contribution in [0.15, 0.2) is 18.2 Å². The summed E-state index contributed by atoms with van der Waals surface area (Å²) in [6, 6.07) is 4.22. The molecule has 0 spiro atoms. The van der Waals surface area contributed by atoms with E-state index in [1.807, 2.05) is 6.92 Å². The maximum Gasteiger partial charge on any atom is 0.267 e. The van der Waals surface area contributed by atoms with Gasteiger partial charge in [-0.05, 0) is 24.6 Å². The molecule has 0 aliphatic heterocycles. The number of nitrogens with two attached hydrogens (primary N) is 1. The van der Waals surface area contributed by atoms with Crippen molar-refractivity contribution >= 4 is 5.69 Å². The maximum atomic E-state index is 12.7. The Morgan fingerprint density at radius 2 is 2.00 bits per heavy atom. The quantitative estimate of drug-likeness (QED) is 0.593. The number of hydrogen-bond acceptors (Lipinski definition) is 3. The predicted molar refractivity (Wildman–Crippen MR) is 62.4 cm³/mol. The summed E-state index contributed by atoms with van der Waals surface area (Å²) in [6.07, 6.45) is -1.67. The summed E-state index contributed by atoms with van der Waals surface area (Å²) < 4.78 is 35.8. The third-order valence-electron chi connectivity index (χ3n) is 2.10. The van der Waals surface area contributed by atoms with E-state index in [1.165, 1.54) is 18.2 Å². The Kier molecular flexibility index (Phi) is 5.69. The van der Waals surface area contributed by atoms with Gasteiger partial charge in [-0.15, -0.1) is 0 Å². The number of rotatable bonds is 7. The molecule has 0 bridgehead atoms. The van der Waals surface area contributed by atoms with E-state index >= 15 is 0 Å². The normalized spacial score (nSPS) is 10.8. The van der Waals surface area contributed by atoms with Crippen molar-refractivity contribution in [3.8, 4) is 5.75 Å². The molecule has 1 aromatic rings. The van der Waals surface area contributed by atoms with Crippen LogP contribution in [0.2, 0.25) is 0 Å². The summed E-state index contributed by atoms with van der Waals surface area (Å²) in [4.78, 5) is 0. The zero-order chi connectivity index (χ0) is 12.7. The van der Waals surface area contributed by atoms with Crippen molar-refractivity contribution in [2.45, 2.75) is 19.8 Å². The topological polar surface area (TPSA) is 44.5 Å². The second kappa shape index (κ2) is 7.06. The van der Waals surface area contributed by atoms with Crippen LogP contribution in [-0.2, 0) is 4.74 Å². The molecule has 0 aromatic heterocycles. The highest BCUT2D eigenvalue weighted by molar-refractivity contribution is 5.48. The number of anilines is 1. The van der Waals surface area contributed by atoms with Crippen molar-refractivity contribution in [1.82, 2.24) is 0 Å². The smallest absolute Gasteiger partial charge is 0.267 e. The van der Waals surface area contributed by atoms with Gasteiger partial charge in [0.25, 0.3) is 6.43 Å². The monoisotopic (exact) mass is 245 g/mol. The van der Waals surface area contributed by atoms with E-state index in [0.29, 0.717) is 18.9 Å². The Bertz CT molecular complexity index is 345. The second-order valence-corrected chi connectivity index (χ2v) is 3.56. The molecule has 96 valence electrons. The molecule has 1 aromatic carbocycles. The van der Waals surface area contributed by atoms with E-state index in [-0.39, 0.29) is 17.9 Å². The van der Waals surface area contributed by atoms with Crippen molar-refractivity contribution in [3.63, 3.8) is 0 Å². The first-order valence-corrected chi connectivity index (χ1v) is 5.53. The van der Waals surface area contributed by atoms with Gasteiger partial charge in [0, 0.05) is 12.3 Å². The molecule has 0 aliphatic carbocycles. The lowest BCUT2D eigenvalue weighted by Gasteiger charge is -2.11. The van der Waals surface area contributed by atoms with Crippen LogP contribution in [0.25, 0.3) is 0 Å². The van der Waals surface area contributed by atoms with Crippen molar-refractivity contribution in [2.75, 3.05) is 25.6 Å². The minimum Gasteiger partial charge on any atom is -0.491 e. The van der Waals surface area contributed by atoms with Crippen LogP contribution < -0.4 is 10.5 Å². The summed E-state index contributed by atoms with van der Waals surface area (Å²) in [5.74, 6) is 0.161. The van der Waals surface area contributed by atoms with E-state index in [1.54, 1.807) is 0 Å². The van der Waals surface area contributed by atoms with E-state index < -0.39 is 6.43 Å². The molecule has 0 fully saturated rings. The van der Waals surface area contributed by atoms with Crippen LogP contribution >= 0.6 is 0 Å². The number of alkyl halides is 2. The summed E-state index contributed by atoms with van der Waals surface area (Å²) in [7, 11) is 0. The van der Waals surface area contributed by atoms with E-state index in [0.717, 1.165) is 6.42 Å². The molecular weight excluding hydrogens is 228 g/mol. The average molecular weight is 245 g/mol. The number of halogens is 2. The fourth-order valence-electron chi connectivity index (χ4n) is 1.33. The molecule has 0 heterocycles. The summed E-state index contributed by atoms with van der Waals surface area (Å²) >= 11 is 0. The second-order valence-electron chi connectivity index (χ2n) is 3.56. The van der Waals surface area contributed by atoms with Gasteiger partial charge in [0.15, 0.2) is 0 Å². The van der Waals surface area contributed by atoms with Gasteiger partial charge in [-0.2, -0.15) is 0 Å². The van der Waals surface area contributed by atoms with Gasteiger partial charge in [-0.1, -0.05) is 6.92 Å². The van der Waals surface area contributed by atoms with Gasteiger partial charge in [-0.25, -0.2) is 8.78 Å². The third kappa shape index (κ3) is 4.56. The number of hydrogen-bond donors (Lipinski definition) is 1. The Balaban J connectivity index is 2.52. The Labute approximate surface area is 99.5 Å². The molecule has 0 radical (unpaired) electrons. The Hall–Kier alpha value is -1.36. The lowest BCUT2D eigenvalue weighted by atomic mass is 10.2. The van der Waals surface area contributed by atoms with Gasteiger partial charge in [-0.3, -0.25) is 0 Å². The molecule has 5 heteroatoms. The molecule has 3 nitrogen and oxygen atoms in total. The van der Waals surface area contributed by atoms with Crippen molar-refractivity contribution in [2.24, 2.45) is 0 Å². The molecule has 2 N–H and O–H groups in total. The van der Waals surface area contributed by atoms with Gasteiger partial charge in [0.05, 0.1) is 12.2 Å². The van der Waals surface area contributed by atoms with Crippen LogP contribution in [0.4, 0.5) is 14.5 Å². The zero-order valence-corrected chi connectivity index (χ0v) is 9.79. The van der Waals surface area contributed by atoms with Crippen molar-refractivity contribution in [1.29, 1.82) is 0 Å². The molecule has 0 atom stereocenters. The highest BCUT2D eigenvalue weighted by Crippen LogP contribution is 2.30. The SMILES string of the molecule is CCCOCCOc1ccc(N)cc1C(F)F. The lowest BCUT2D eigenvalue weighted by molar-refractivity contribution is 0.0964. The Morgan fingerprint density at radius 1 is 1.24 bits per heavy atom. The van der Waals surface area contributed by atoms with Gasteiger partial charge in [0.2, 0.25) is 0 Å². The lowest BCUT2D eigenvalue weighted by Crippen LogP contribution is -2.08. The van der Waals surface area contributed by atoms with E-state index in [9.17, 15) is 8.78 Å². The molecule has 0 aliphatic rings. The zero-order valence-electron chi connectivity index (χ0n) is 9.79. The minimum atomic E-state index is -2.59.